The van der Waals surface area contributed by atoms with Gasteiger partial charge in [-0.3, -0.25) is 14.4 Å². The lowest BCUT2D eigenvalue weighted by Gasteiger charge is -2.18. The molecule has 1 saturated heterocycles. The molecule has 0 bridgehead atoms. The van der Waals surface area contributed by atoms with E-state index in [-0.39, 0.29) is 18.9 Å². The summed E-state index contributed by atoms with van der Waals surface area (Å²) in [5.41, 5.74) is 3.29. The summed E-state index contributed by atoms with van der Waals surface area (Å²) in [5.74, 6) is -1.83. The first-order valence-corrected chi connectivity index (χ1v) is 9.78. The van der Waals surface area contributed by atoms with E-state index in [1.807, 2.05) is 32.0 Å². The van der Waals surface area contributed by atoms with E-state index in [2.05, 4.69) is 5.32 Å². The molecule has 1 aliphatic heterocycles. The fraction of sp³-hybridized carbons (Fsp3) is 0.286. The number of ether oxygens (including phenoxy) is 1. The lowest BCUT2D eigenvalue weighted by molar-refractivity contribution is -0.151. The Hall–Kier alpha value is -2.57. The maximum absolute atomic E-state index is 12.4. The third-order valence-electron chi connectivity index (χ3n) is 4.53. The number of carbonyl (C=O) groups is 3. The Morgan fingerprint density at radius 2 is 1.79 bits per heavy atom. The molecule has 3 rings (SSSR count). The summed E-state index contributed by atoms with van der Waals surface area (Å²) in [5, 5.41) is 3.25. The lowest BCUT2D eigenvalue weighted by atomic mass is 10.1. The number of rotatable bonds is 5. The molecule has 1 aliphatic rings. The van der Waals surface area contributed by atoms with E-state index in [1.165, 1.54) is 6.07 Å². The van der Waals surface area contributed by atoms with Crippen LogP contribution in [0.2, 0.25) is 10.0 Å². The molecule has 0 aliphatic carbocycles. The standard InChI is InChI=1S/C21H20Cl2N2O4/c1-12-5-13(2)7-16(6-12)25-10-14(8-20(25)27)21(28)29-11-19(26)24-15-3-4-17(22)18(23)9-15/h3-7,9,14H,8,10-11H2,1-2H3,(H,24,26)/t14-/m0/s1. The third kappa shape index (κ3) is 5.28. The molecule has 2 aromatic rings. The van der Waals surface area contributed by atoms with E-state index < -0.39 is 24.4 Å². The van der Waals surface area contributed by atoms with E-state index in [4.69, 9.17) is 27.9 Å². The quantitative estimate of drug-likeness (QED) is 0.717. The highest BCUT2D eigenvalue weighted by Crippen LogP contribution is 2.28. The highest BCUT2D eigenvalue weighted by Gasteiger charge is 2.36. The molecule has 1 heterocycles. The van der Waals surface area contributed by atoms with Crippen molar-refractivity contribution in [3.05, 3.63) is 57.6 Å². The Balaban J connectivity index is 1.55. The Labute approximate surface area is 178 Å². The molecule has 29 heavy (non-hydrogen) atoms. The van der Waals surface area contributed by atoms with Crippen molar-refractivity contribution in [2.45, 2.75) is 20.3 Å². The molecule has 0 unspecified atom stereocenters. The molecule has 1 N–H and O–H groups in total. The summed E-state index contributed by atoms with van der Waals surface area (Å²) in [7, 11) is 0. The van der Waals surface area contributed by atoms with Gasteiger partial charge in [-0.05, 0) is 55.3 Å². The van der Waals surface area contributed by atoms with Crippen LogP contribution in [0.25, 0.3) is 0 Å². The van der Waals surface area contributed by atoms with Crippen LogP contribution in [0.1, 0.15) is 17.5 Å². The van der Waals surface area contributed by atoms with Gasteiger partial charge in [0.2, 0.25) is 5.91 Å². The molecule has 8 heteroatoms. The van der Waals surface area contributed by atoms with Crippen LogP contribution in [0.15, 0.2) is 36.4 Å². The maximum atomic E-state index is 12.4. The van der Waals surface area contributed by atoms with E-state index in [9.17, 15) is 14.4 Å². The van der Waals surface area contributed by atoms with Crippen LogP contribution in [0.4, 0.5) is 11.4 Å². The molecule has 0 aromatic heterocycles. The number of hydrogen-bond donors (Lipinski definition) is 1. The van der Waals surface area contributed by atoms with Crippen LogP contribution in [0.3, 0.4) is 0 Å². The number of amides is 2. The van der Waals surface area contributed by atoms with Gasteiger partial charge in [0.05, 0.1) is 16.0 Å². The number of halogens is 2. The van der Waals surface area contributed by atoms with Crippen LogP contribution in [0.5, 0.6) is 0 Å². The smallest absolute Gasteiger partial charge is 0.311 e. The van der Waals surface area contributed by atoms with Crippen LogP contribution in [-0.2, 0) is 19.1 Å². The van der Waals surface area contributed by atoms with Crippen LogP contribution in [0, 0.1) is 19.8 Å². The molecule has 0 spiro atoms. The molecule has 6 nitrogen and oxygen atoms in total. The van der Waals surface area contributed by atoms with Gasteiger partial charge < -0.3 is 15.0 Å². The van der Waals surface area contributed by atoms with Crippen LogP contribution < -0.4 is 10.2 Å². The lowest BCUT2D eigenvalue weighted by Crippen LogP contribution is -2.28. The van der Waals surface area contributed by atoms with Crippen molar-refractivity contribution in [2.75, 3.05) is 23.4 Å². The zero-order valence-electron chi connectivity index (χ0n) is 16.0. The van der Waals surface area contributed by atoms with E-state index in [1.54, 1.807) is 17.0 Å². The summed E-state index contributed by atoms with van der Waals surface area (Å²) in [6, 6.07) is 10.5. The Morgan fingerprint density at radius 1 is 1.10 bits per heavy atom. The number of carbonyl (C=O) groups excluding carboxylic acids is 3. The second-order valence-corrected chi connectivity index (χ2v) is 7.85. The molecule has 0 saturated carbocycles. The topological polar surface area (TPSA) is 75.7 Å². The van der Waals surface area contributed by atoms with Gasteiger partial charge in [-0.1, -0.05) is 29.3 Å². The number of benzene rings is 2. The third-order valence-corrected chi connectivity index (χ3v) is 5.26. The van der Waals surface area contributed by atoms with Gasteiger partial charge in [-0.15, -0.1) is 0 Å². The van der Waals surface area contributed by atoms with Gasteiger partial charge in [0.15, 0.2) is 6.61 Å². The zero-order valence-corrected chi connectivity index (χ0v) is 17.5. The van der Waals surface area contributed by atoms with E-state index in [0.29, 0.717) is 15.7 Å². The zero-order chi connectivity index (χ0) is 21.1. The van der Waals surface area contributed by atoms with Gasteiger partial charge in [-0.25, -0.2) is 0 Å². The molecule has 2 amide bonds. The van der Waals surface area contributed by atoms with Crippen molar-refractivity contribution >= 4 is 52.4 Å². The minimum absolute atomic E-state index is 0.0558. The highest BCUT2D eigenvalue weighted by molar-refractivity contribution is 6.42. The molecule has 152 valence electrons. The largest absolute Gasteiger partial charge is 0.455 e. The van der Waals surface area contributed by atoms with Crippen molar-refractivity contribution in [3.63, 3.8) is 0 Å². The number of nitrogens with one attached hydrogen (secondary N) is 1. The van der Waals surface area contributed by atoms with Gasteiger partial charge in [-0.2, -0.15) is 0 Å². The normalized spacial score (nSPS) is 16.1. The summed E-state index contributed by atoms with van der Waals surface area (Å²) in [6.07, 6.45) is 0.0558. The molecule has 1 atom stereocenters. The average Bonchev–Trinajstić information content (AvgIpc) is 3.04. The molecular formula is C21H20Cl2N2O4. The summed E-state index contributed by atoms with van der Waals surface area (Å²) in [6.45, 7) is 3.69. The minimum atomic E-state index is -0.610. The number of hydrogen-bond acceptors (Lipinski definition) is 4. The van der Waals surface area contributed by atoms with Gasteiger partial charge in [0, 0.05) is 24.3 Å². The number of anilines is 2. The first kappa shape index (κ1) is 21.1. The second kappa shape index (κ2) is 8.84. The predicted molar refractivity (Wildman–Crippen MR) is 112 cm³/mol. The number of aryl methyl sites for hydroxylation is 2. The second-order valence-electron chi connectivity index (χ2n) is 7.04. The fourth-order valence-corrected chi connectivity index (χ4v) is 3.55. The maximum Gasteiger partial charge on any atom is 0.311 e. The summed E-state index contributed by atoms with van der Waals surface area (Å²) < 4.78 is 5.10. The molecule has 1 fully saturated rings. The van der Waals surface area contributed by atoms with Crippen LogP contribution in [-0.4, -0.2) is 30.9 Å². The van der Waals surface area contributed by atoms with Crippen LogP contribution >= 0.6 is 23.2 Å². The molecule has 0 radical (unpaired) electrons. The van der Waals surface area contributed by atoms with Crippen molar-refractivity contribution < 1.29 is 19.1 Å². The molecule has 2 aromatic carbocycles. The SMILES string of the molecule is Cc1cc(C)cc(N2C[C@@H](C(=O)OCC(=O)Nc3ccc(Cl)c(Cl)c3)CC2=O)c1. The van der Waals surface area contributed by atoms with Crippen molar-refractivity contribution in [3.8, 4) is 0 Å². The predicted octanol–water partition coefficient (Wildman–Crippen LogP) is 4.15. The summed E-state index contributed by atoms with van der Waals surface area (Å²) in [4.78, 5) is 38.3. The Kier molecular flexibility index (Phi) is 6.45. The van der Waals surface area contributed by atoms with Crippen molar-refractivity contribution in [1.82, 2.24) is 0 Å². The summed E-state index contributed by atoms with van der Waals surface area (Å²) >= 11 is 11.7. The van der Waals surface area contributed by atoms with Crippen molar-refractivity contribution in [1.29, 1.82) is 0 Å². The average molecular weight is 435 g/mol. The number of nitrogens with zero attached hydrogens (tertiary/aromatic N) is 1. The monoisotopic (exact) mass is 434 g/mol. The number of esters is 1. The Morgan fingerprint density at radius 3 is 2.45 bits per heavy atom. The van der Waals surface area contributed by atoms with Gasteiger partial charge in [0.1, 0.15) is 0 Å². The highest BCUT2D eigenvalue weighted by atomic mass is 35.5. The van der Waals surface area contributed by atoms with Crippen molar-refractivity contribution in [2.24, 2.45) is 5.92 Å². The Bertz CT molecular complexity index is 957. The van der Waals surface area contributed by atoms with E-state index >= 15 is 0 Å². The van der Waals surface area contributed by atoms with Gasteiger partial charge >= 0.3 is 5.97 Å². The first-order chi connectivity index (χ1) is 13.7. The van der Waals surface area contributed by atoms with E-state index in [0.717, 1.165) is 16.8 Å². The first-order valence-electron chi connectivity index (χ1n) is 9.03. The fourth-order valence-electron chi connectivity index (χ4n) is 3.25. The van der Waals surface area contributed by atoms with Gasteiger partial charge in [0.25, 0.3) is 5.91 Å². The molecular weight excluding hydrogens is 415 g/mol. The minimum Gasteiger partial charge on any atom is -0.455 e.